The number of nitrogens with zero attached hydrogens (tertiary/aromatic N) is 1. The highest BCUT2D eigenvalue weighted by Crippen LogP contribution is 2.22. The zero-order valence-corrected chi connectivity index (χ0v) is 13.3. The largest absolute Gasteiger partial charge is 0.490 e. The van der Waals surface area contributed by atoms with Crippen LogP contribution in [-0.4, -0.2) is 30.5 Å². The van der Waals surface area contributed by atoms with Gasteiger partial charge in [0.1, 0.15) is 5.82 Å². The molecule has 0 radical (unpaired) electrons. The molecule has 0 unspecified atom stereocenters. The Kier molecular flexibility index (Phi) is 5.08. The number of halogens is 2. The second-order valence-corrected chi connectivity index (χ2v) is 5.96. The van der Waals surface area contributed by atoms with Crippen molar-refractivity contribution in [2.75, 3.05) is 19.7 Å². The van der Waals surface area contributed by atoms with Gasteiger partial charge in [0.15, 0.2) is 11.6 Å². The van der Waals surface area contributed by atoms with Crippen molar-refractivity contribution in [3.8, 4) is 5.75 Å². The summed E-state index contributed by atoms with van der Waals surface area (Å²) in [5.41, 5.74) is 0.110. The van der Waals surface area contributed by atoms with E-state index in [0.29, 0.717) is 19.7 Å². The van der Waals surface area contributed by atoms with Crippen LogP contribution < -0.4 is 4.74 Å². The van der Waals surface area contributed by atoms with Crippen LogP contribution >= 0.6 is 0 Å². The van der Waals surface area contributed by atoms with Crippen LogP contribution in [0.1, 0.15) is 23.2 Å². The smallest absolute Gasteiger partial charge is 0.256 e. The predicted molar refractivity (Wildman–Crippen MR) is 86.9 cm³/mol. The third-order valence-electron chi connectivity index (χ3n) is 4.32. The maximum atomic E-state index is 13.7. The van der Waals surface area contributed by atoms with E-state index in [1.165, 1.54) is 18.2 Å². The molecule has 0 N–H and O–H groups in total. The predicted octanol–water partition coefficient (Wildman–Crippen LogP) is 3.90. The molecule has 1 aliphatic heterocycles. The van der Waals surface area contributed by atoms with E-state index in [0.717, 1.165) is 12.8 Å². The summed E-state index contributed by atoms with van der Waals surface area (Å²) in [6.07, 6.45) is 1.52. The quantitative estimate of drug-likeness (QED) is 0.850. The first-order valence-electron chi connectivity index (χ1n) is 8.06. The first-order chi connectivity index (χ1) is 11.6. The van der Waals surface area contributed by atoms with E-state index in [1.54, 1.807) is 35.2 Å². The Morgan fingerprint density at radius 2 is 1.62 bits per heavy atom. The van der Waals surface area contributed by atoms with Crippen molar-refractivity contribution in [1.82, 2.24) is 4.90 Å². The summed E-state index contributed by atoms with van der Waals surface area (Å²) in [6, 6.07) is 12.3. The van der Waals surface area contributed by atoms with E-state index >= 15 is 0 Å². The average Bonchev–Trinajstić information content (AvgIpc) is 2.61. The average molecular weight is 331 g/mol. The number of para-hydroxylation sites is 1. The molecule has 1 fully saturated rings. The maximum Gasteiger partial charge on any atom is 0.256 e. The lowest BCUT2D eigenvalue weighted by Crippen LogP contribution is -2.40. The Morgan fingerprint density at radius 1 is 1.00 bits per heavy atom. The molecule has 1 saturated heterocycles. The summed E-state index contributed by atoms with van der Waals surface area (Å²) in [7, 11) is 0. The lowest BCUT2D eigenvalue weighted by Gasteiger charge is -2.32. The minimum atomic E-state index is -0.493. The Balaban J connectivity index is 1.52. The van der Waals surface area contributed by atoms with E-state index in [2.05, 4.69) is 0 Å². The Hall–Kier alpha value is -2.43. The van der Waals surface area contributed by atoms with E-state index in [1.807, 2.05) is 0 Å². The molecule has 1 aliphatic rings. The molecule has 0 aromatic heterocycles. The summed E-state index contributed by atoms with van der Waals surface area (Å²) >= 11 is 0. The summed E-state index contributed by atoms with van der Waals surface area (Å²) < 4.78 is 32.8. The fraction of sp³-hybridized carbons (Fsp3) is 0.316. The van der Waals surface area contributed by atoms with Gasteiger partial charge in [-0.3, -0.25) is 4.79 Å². The molecule has 0 spiro atoms. The Bertz CT molecular complexity index is 712. The van der Waals surface area contributed by atoms with Crippen molar-refractivity contribution in [1.29, 1.82) is 0 Å². The van der Waals surface area contributed by atoms with Crippen molar-refractivity contribution in [2.24, 2.45) is 5.92 Å². The lowest BCUT2D eigenvalue weighted by atomic mass is 9.97. The van der Waals surface area contributed by atoms with Gasteiger partial charge in [-0.25, -0.2) is 8.78 Å². The standard InChI is InChI=1S/C19H19F2NO2/c20-16-6-2-1-5-15(16)19(23)22-11-9-14(10-12-22)13-24-18-8-4-3-7-17(18)21/h1-8,14H,9-13H2. The van der Waals surface area contributed by atoms with Gasteiger partial charge in [-0.15, -0.1) is 0 Å². The molecule has 3 nitrogen and oxygen atoms in total. The minimum Gasteiger partial charge on any atom is -0.490 e. The Morgan fingerprint density at radius 3 is 2.29 bits per heavy atom. The van der Waals surface area contributed by atoms with Crippen LogP contribution in [0.2, 0.25) is 0 Å². The van der Waals surface area contributed by atoms with Gasteiger partial charge in [0, 0.05) is 13.1 Å². The monoisotopic (exact) mass is 331 g/mol. The number of benzene rings is 2. The summed E-state index contributed by atoms with van der Waals surface area (Å²) in [5.74, 6) is -0.629. The van der Waals surface area contributed by atoms with Crippen LogP contribution in [0.3, 0.4) is 0 Å². The molecule has 24 heavy (non-hydrogen) atoms. The highest BCUT2D eigenvalue weighted by molar-refractivity contribution is 5.94. The fourth-order valence-corrected chi connectivity index (χ4v) is 2.88. The zero-order chi connectivity index (χ0) is 16.9. The lowest BCUT2D eigenvalue weighted by molar-refractivity contribution is 0.0655. The molecule has 5 heteroatoms. The van der Waals surface area contributed by atoms with Crippen LogP contribution in [0.15, 0.2) is 48.5 Å². The molecule has 1 heterocycles. The molecular weight excluding hydrogens is 312 g/mol. The van der Waals surface area contributed by atoms with Gasteiger partial charge in [-0.2, -0.15) is 0 Å². The third-order valence-corrected chi connectivity index (χ3v) is 4.32. The Labute approximate surface area is 139 Å². The topological polar surface area (TPSA) is 29.5 Å². The van der Waals surface area contributed by atoms with E-state index in [4.69, 9.17) is 4.74 Å². The SMILES string of the molecule is O=C(c1ccccc1F)N1CCC(COc2ccccc2F)CC1. The second-order valence-electron chi connectivity index (χ2n) is 5.96. The highest BCUT2D eigenvalue weighted by Gasteiger charge is 2.25. The van der Waals surface area contributed by atoms with Crippen molar-refractivity contribution in [3.63, 3.8) is 0 Å². The zero-order valence-electron chi connectivity index (χ0n) is 13.3. The number of carbonyl (C=O) groups excluding carboxylic acids is 1. The fourth-order valence-electron chi connectivity index (χ4n) is 2.88. The number of carbonyl (C=O) groups is 1. The molecule has 2 aromatic rings. The van der Waals surface area contributed by atoms with Crippen LogP contribution in [0.25, 0.3) is 0 Å². The molecule has 1 amide bonds. The van der Waals surface area contributed by atoms with Crippen molar-refractivity contribution in [2.45, 2.75) is 12.8 Å². The highest BCUT2D eigenvalue weighted by atomic mass is 19.1. The molecule has 0 saturated carbocycles. The van der Waals surface area contributed by atoms with Gasteiger partial charge in [0.2, 0.25) is 0 Å². The minimum absolute atomic E-state index is 0.110. The molecule has 0 aliphatic carbocycles. The molecule has 126 valence electrons. The molecule has 2 aromatic carbocycles. The summed E-state index contributed by atoms with van der Waals surface area (Å²) in [4.78, 5) is 14.0. The number of rotatable bonds is 4. The van der Waals surface area contributed by atoms with Crippen molar-refractivity contribution in [3.05, 3.63) is 65.7 Å². The van der Waals surface area contributed by atoms with Crippen LogP contribution in [0.5, 0.6) is 5.75 Å². The number of ether oxygens (including phenoxy) is 1. The first-order valence-corrected chi connectivity index (χ1v) is 8.06. The molecule has 0 atom stereocenters. The number of hydrogen-bond donors (Lipinski definition) is 0. The van der Waals surface area contributed by atoms with E-state index in [-0.39, 0.29) is 29.0 Å². The first kappa shape index (κ1) is 16.4. The summed E-state index contributed by atoms with van der Waals surface area (Å²) in [6.45, 7) is 1.53. The molecule has 3 rings (SSSR count). The van der Waals surface area contributed by atoms with E-state index < -0.39 is 5.82 Å². The van der Waals surface area contributed by atoms with Gasteiger partial charge in [-0.1, -0.05) is 24.3 Å². The van der Waals surface area contributed by atoms with Crippen LogP contribution in [-0.2, 0) is 0 Å². The molecule has 0 bridgehead atoms. The van der Waals surface area contributed by atoms with Gasteiger partial charge in [0.25, 0.3) is 5.91 Å². The van der Waals surface area contributed by atoms with Gasteiger partial charge in [-0.05, 0) is 43.0 Å². The van der Waals surface area contributed by atoms with Crippen molar-refractivity contribution < 1.29 is 18.3 Å². The summed E-state index contributed by atoms with van der Waals surface area (Å²) in [5, 5.41) is 0. The van der Waals surface area contributed by atoms with E-state index in [9.17, 15) is 13.6 Å². The number of amides is 1. The van der Waals surface area contributed by atoms with Crippen LogP contribution in [0.4, 0.5) is 8.78 Å². The van der Waals surface area contributed by atoms with Crippen molar-refractivity contribution >= 4 is 5.91 Å². The third kappa shape index (κ3) is 3.72. The maximum absolute atomic E-state index is 13.7. The number of likely N-dealkylation sites (tertiary alicyclic amines) is 1. The number of hydrogen-bond acceptors (Lipinski definition) is 2. The van der Waals surface area contributed by atoms with Gasteiger partial charge < -0.3 is 9.64 Å². The normalized spacial score (nSPS) is 15.3. The van der Waals surface area contributed by atoms with Gasteiger partial charge >= 0.3 is 0 Å². The van der Waals surface area contributed by atoms with Gasteiger partial charge in [0.05, 0.1) is 12.2 Å². The number of piperidine rings is 1. The second kappa shape index (κ2) is 7.43. The molecular formula is C19H19F2NO2. The van der Waals surface area contributed by atoms with Crippen LogP contribution in [0, 0.1) is 17.6 Å².